The molecule has 0 fully saturated rings. The van der Waals surface area contributed by atoms with Crippen molar-refractivity contribution in [2.45, 2.75) is 53.1 Å². The molecule has 132 valence electrons. The van der Waals surface area contributed by atoms with Gasteiger partial charge in [0.05, 0.1) is 11.4 Å². The fourth-order valence-corrected chi connectivity index (χ4v) is 3.54. The molecule has 5 nitrogen and oxygen atoms in total. The molecule has 2 heterocycles. The largest absolute Gasteiger partial charge is 0.306 e. The first-order chi connectivity index (χ1) is 11.9. The van der Waals surface area contributed by atoms with Crippen LogP contribution in [0.2, 0.25) is 0 Å². The summed E-state index contributed by atoms with van der Waals surface area (Å²) in [5.41, 5.74) is 4.61. The zero-order valence-electron chi connectivity index (χ0n) is 15.5. The molecule has 0 atom stereocenters. The summed E-state index contributed by atoms with van der Waals surface area (Å²) in [6.45, 7) is 12.2. The minimum atomic E-state index is 0.0555. The van der Waals surface area contributed by atoms with Gasteiger partial charge in [-0.3, -0.25) is 0 Å². The maximum atomic E-state index is 4.69. The van der Waals surface area contributed by atoms with Gasteiger partial charge in [-0.2, -0.15) is 5.10 Å². The Morgan fingerprint density at radius 1 is 1.04 bits per heavy atom. The lowest BCUT2D eigenvalue weighted by molar-refractivity contribution is 0.577. The number of hydrogen-bond donors (Lipinski definition) is 1. The van der Waals surface area contributed by atoms with Gasteiger partial charge in [0.2, 0.25) is 0 Å². The second-order valence-electron chi connectivity index (χ2n) is 7.25. The second-order valence-corrected chi connectivity index (χ2v) is 8.31. The van der Waals surface area contributed by atoms with Crippen molar-refractivity contribution in [2.24, 2.45) is 0 Å². The highest BCUT2D eigenvalue weighted by Crippen LogP contribution is 2.25. The number of aromatic nitrogens is 4. The predicted molar refractivity (Wildman–Crippen MR) is 102 cm³/mol. The van der Waals surface area contributed by atoms with Crippen LogP contribution >= 0.6 is 11.3 Å². The van der Waals surface area contributed by atoms with Gasteiger partial charge in [0.25, 0.3) is 0 Å². The third kappa shape index (κ3) is 3.96. The smallest absolute Gasteiger partial charge is 0.131 e. The quantitative estimate of drug-likeness (QED) is 0.753. The van der Waals surface area contributed by atoms with Gasteiger partial charge in [0.1, 0.15) is 10.0 Å². The van der Waals surface area contributed by atoms with E-state index < -0.39 is 0 Å². The SMILES string of the molecule is Cc1nn(-c2ccccc2)c(C)c1CNCc1nnc(C(C)(C)C)s1. The Morgan fingerprint density at radius 3 is 2.40 bits per heavy atom. The lowest BCUT2D eigenvalue weighted by Crippen LogP contribution is -2.14. The highest BCUT2D eigenvalue weighted by molar-refractivity contribution is 7.11. The molecule has 1 aromatic carbocycles. The first kappa shape index (κ1) is 17.8. The zero-order chi connectivity index (χ0) is 18.0. The molecule has 0 saturated carbocycles. The second kappa shape index (κ2) is 7.06. The van der Waals surface area contributed by atoms with Crippen LogP contribution in [0.25, 0.3) is 5.69 Å². The topological polar surface area (TPSA) is 55.6 Å². The molecule has 6 heteroatoms. The van der Waals surface area contributed by atoms with Crippen molar-refractivity contribution in [2.75, 3.05) is 0 Å². The fraction of sp³-hybridized carbons (Fsp3) is 0.421. The first-order valence-corrected chi connectivity index (χ1v) is 9.32. The lowest BCUT2D eigenvalue weighted by atomic mass is 9.98. The van der Waals surface area contributed by atoms with Crippen molar-refractivity contribution in [3.05, 3.63) is 57.3 Å². The Labute approximate surface area is 153 Å². The molecule has 3 aromatic rings. The maximum absolute atomic E-state index is 4.69. The molecular formula is C19H25N5S. The number of hydrogen-bond acceptors (Lipinski definition) is 5. The van der Waals surface area contributed by atoms with E-state index in [0.29, 0.717) is 0 Å². The van der Waals surface area contributed by atoms with Crippen molar-refractivity contribution < 1.29 is 0 Å². The van der Waals surface area contributed by atoms with E-state index in [9.17, 15) is 0 Å². The average molecular weight is 356 g/mol. The Balaban J connectivity index is 1.68. The van der Waals surface area contributed by atoms with Gasteiger partial charge in [-0.15, -0.1) is 10.2 Å². The third-order valence-electron chi connectivity index (χ3n) is 4.13. The molecule has 0 aliphatic heterocycles. The van der Waals surface area contributed by atoms with Gasteiger partial charge in [-0.25, -0.2) is 4.68 Å². The lowest BCUT2D eigenvalue weighted by Gasteiger charge is -2.12. The van der Waals surface area contributed by atoms with Gasteiger partial charge in [-0.05, 0) is 26.0 Å². The number of aryl methyl sites for hydroxylation is 1. The van der Waals surface area contributed by atoms with E-state index in [1.54, 1.807) is 11.3 Å². The normalized spacial score (nSPS) is 11.9. The van der Waals surface area contributed by atoms with Crippen LogP contribution in [0.4, 0.5) is 0 Å². The van der Waals surface area contributed by atoms with Gasteiger partial charge in [-0.1, -0.05) is 50.3 Å². The van der Waals surface area contributed by atoms with Gasteiger partial charge >= 0.3 is 0 Å². The van der Waals surface area contributed by atoms with Crippen LogP contribution in [0.5, 0.6) is 0 Å². The van der Waals surface area contributed by atoms with Gasteiger partial charge in [0.15, 0.2) is 0 Å². The fourth-order valence-electron chi connectivity index (χ4n) is 2.67. The zero-order valence-corrected chi connectivity index (χ0v) is 16.3. The molecular weight excluding hydrogens is 330 g/mol. The Hall–Kier alpha value is -2.05. The summed E-state index contributed by atoms with van der Waals surface area (Å²) in [5.74, 6) is 0. The summed E-state index contributed by atoms with van der Waals surface area (Å²) in [5, 5.41) is 18.9. The minimum absolute atomic E-state index is 0.0555. The van der Waals surface area contributed by atoms with Crippen molar-refractivity contribution in [1.29, 1.82) is 0 Å². The molecule has 3 rings (SSSR count). The van der Waals surface area contributed by atoms with Crippen LogP contribution in [0, 0.1) is 13.8 Å². The van der Waals surface area contributed by atoms with E-state index in [-0.39, 0.29) is 5.41 Å². The molecule has 0 radical (unpaired) electrons. The van der Waals surface area contributed by atoms with Crippen LogP contribution in [0.15, 0.2) is 30.3 Å². The number of benzene rings is 1. The maximum Gasteiger partial charge on any atom is 0.131 e. The first-order valence-electron chi connectivity index (χ1n) is 8.50. The Morgan fingerprint density at radius 2 is 1.76 bits per heavy atom. The molecule has 0 saturated heterocycles. The van der Waals surface area contributed by atoms with E-state index in [2.05, 4.69) is 62.3 Å². The minimum Gasteiger partial charge on any atom is -0.306 e. The van der Waals surface area contributed by atoms with Crippen molar-refractivity contribution in [3.8, 4) is 5.69 Å². The van der Waals surface area contributed by atoms with Crippen LogP contribution < -0.4 is 5.32 Å². The number of nitrogens with one attached hydrogen (secondary N) is 1. The monoisotopic (exact) mass is 355 g/mol. The third-order valence-corrected chi connectivity index (χ3v) is 5.48. The summed E-state index contributed by atoms with van der Waals surface area (Å²) >= 11 is 1.68. The van der Waals surface area contributed by atoms with Crippen LogP contribution in [-0.2, 0) is 18.5 Å². The highest BCUT2D eigenvalue weighted by Gasteiger charge is 2.19. The van der Waals surface area contributed by atoms with Crippen LogP contribution in [-0.4, -0.2) is 20.0 Å². The van der Waals surface area contributed by atoms with E-state index in [0.717, 1.165) is 34.5 Å². The predicted octanol–water partition coefficient (Wildman–Crippen LogP) is 3.93. The summed E-state index contributed by atoms with van der Waals surface area (Å²) in [4.78, 5) is 0. The van der Waals surface area contributed by atoms with E-state index >= 15 is 0 Å². The van der Waals surface area contributed by atoms with Crippen LogP contribution in [0.3, 0.4) is 0 Å². The number of rotatable bonds is 5. The molecule has 2 aromatic heterocycles. The van der Waals surface area contributed by atoms with Crippen molar-refractivity contribution in [1.82, 2.24) is 25.3 Å². The van der Waals surface area contributed by atoms with Crippen LogP contribution in [0.1, 0.15) is 47.7 Å². The van der Waals surface area contributed by atoms with E-state index in [1.165, 1.54) is 11.3 Å². The molecule has 0 bridgehead atoms. The Bertz CT molecular complexity index is 843. The Kier molecular flexibility index (Phi) is 5.01. The van der Waals surface area contributed by atoms with Gasteiger partial charge < -0.3 is 5.32 Å². The molecule has 0 amide bonds. The van der Waals surface area contributed by atoms with E-state index in [1.807, 2.05) is 22.9 Å². The molecule has 0 unspecified atom stereocenters. The van der Waals surface area contributed by atoms with E-state index in [4.69, 9.17) is 5.10 Å². The molecule has 25 heavy (non-hydrogen) atoms. The molecule has 1 N–H and O–H groups in total. The summed E-state index contributed by atoms with van der Waals surface area (Å²) in [6.07, 6.45) is 0. The van der Waals surface area contributed by atoms with Crippen molar-refractivity contribution in [3.63, 3.8) is 0 Å². The summed E-state index contributed by atoms with van der Waals surface area (Å²) in [6, 6.07) is 10.2. The number of nitrogens with zero attached hydrogens (tertiary/aromatic N) is 4. The average Bonchev–Trinajstić information content (AvgIpc) is 3.15. The summed E-state index contributed by atoms with van der Waals surface area (Å²) < 4.78 is 2.01. The number of para-hydroxylation sites is 1. The van der Waals surface area contributed by atoms with Gasteiger partial charge in [0, 0.05) is 29.8 Å². The molecule has 0 aliphatic rings. The highest BCUT2D eigenvalue weighted by atomic mass is 32.1. The standard InChI is InChI=1S/C19H25N5S/c1-13-16(14(2)24(23-13)15-9-7-6-8-10-15)11-20-12-17-21-22-18(25-17)19(3,4)5/h6-10,20H,11-12H2,1-5H3. The molecule has 0 aliphatic carbocycles. The summed E-state index contributed by atoms with van der Waals surface area (Å²) in [7, 11) is 0. The van der Waals surface area contributed by atoms with Crippen molar-refractivity contribution >= 4 is 11.3 Å². The molecule has 0 spiro atoms.